The van der Waals surface area contributed by atoms with Crippen LogP contribution in [0.25, 0.3) is 17.0 Å². The van der Waals surface area contributed by atoms with Crippen molar-refractivity contribution in [2.45, 2.75) is 83.6 Å². The molecule has 2 aliphatic heterocycles. The highest BCUT2D eigenvalue weighted by Crippen LogP contribution is 2.52. The second kappa shape index (κ2) is 13.5. The molecule has 1 amide bonds. The third-order valence-electron chi connectivity index (χ3n) is 8.71. The number of rotatable bonds is 5. The van der Waals surface area contributed by atoms with E-state index in [1.54, 1.807) is 9.80 Å². The van der Waals surface area contributed by atoms with Gasteiger partial charge in [0.2, 0.25) is 5.91 Å². The zero-order valence-electron chi connectivity index (χ0n) is 26.2. The van der Waals surface area contributed by atoms with Crippen molar-refractivity contribution in [3.8, 4) is 0 Å². The molecule has 2 atom stereocenters. The van der Waals surface area contributed by atoms with Gasteiger partial charge in [-0.05, 0) is 56.7 Å². The Morgan fingerprint density at radius 3 is 2.33 bits per heavy atom. The summed E-state index contributed by atoms with van der Waals surface area (Å²) in [6.45, 7) is 13.4. The maximum atomic E-state index is 14.8. The Bertz CT molecular complexity index is 1610. The molecule has 0 radical (unpaired) electrons. The van der Waals surface area contributed by atoms with Crippen LogP contribution in [0.5, 0.6) is 0 Å². The number of carbonyl (C=O) groups excluding carboxylic acids is 1. The van der Waals surface area contributed by atoms with Crippen LogP contribution >= 0.6 is 11.8 Å². The smallest absolute Gasteiger partial charge is 0.352 e. The SMILES string of the molecule is C=CC(=O)N1C(C)CN(c2nc(=O)n3c4c(c(/C=C/C(C)=C(F)\C=C\F)c(C(F)(F)F)cc24)SCC2(CCC2)C3)CC1C.CC. The second-order valence-corrected chi connectivity index (χ2v) is 12.7. The minimum absolute atomic E-state index is 0.0216. The van der Waals surface area contributed by atoms with Crippen molar-refractivity contribution in [1.29, 1.82) is 0 Å². The highest BCUT2D eigenvalue weighted by molar-refractivity contribution is 7.99. The predicted octanol–water partition coefficient (Wildman–Crippen LogP) is 8.07. The number of carbonyl (C=O) groups is 1. The van der Waals surface area contributed by atoms with Crippen molar-refractivity contribution < 1.29 is 26.7 Å². The first-order chi connectivity index (χ1) is 21.3. The van der Waals surface area contributed by atoms with Crippen LogP contribution in [-0.2, 0) is 17.5 Å². The Morgan fingerprint density at radius 2 is 1.80 bits per heavy atom. The summed E-state index contributed by atoms with van der Waals surface area (Å²) in [6.07, 6.45) is 2.11. The first kappa shape index (κ1) is 34.5. The average molecular weight is 651 g/mol. The zero-order chi connectivity index (χ0) is 33.3. The number of benzene rings is 1. The minimum Gasteiger partial charge on any atom is -0.352 e. The number of allylic oxidation sites excluding steroid dienone is 4. The second-order valence-electron chi connectivity index (χ2n) is 11.7. The summed E-state index contributed by atoms with van der Waals surface area (Å²) >= 11 is 1.28. The van der Waals surface area contributed by atoms with Gasteiger partial charge in [0, 0.05) is 59.4 Å². The van der Waals surface area contributed by atoms with E-state index in [9.17, 15) is 31.5 Å². The third kappa shape index (κ3) is 6.62. The number of halogens is 5. The van der Waals surface area contributed by atoms with Gasteiger partial charge < -0.3 is 9.80 Å². The Morgan fingerprint density at radius 1 is 1.16 bits per heavy atom. The van der Waals surface area contributed by atoms with Gasteiger partial charge >= 0.3 is 11.9 Å². The Hall–Kier alpha value is -3.41. The Kier molecular flexibility index (Phi) is 10.4. The number of anilines is 1. The standard InChI is InChI=1S/C31H33F5N4O2S.C2H6/c1-5-25(41)40-19(3)14-38(15-20(40)4)28-22-13-23(31(34,35)36)21(8-7-18(2)24(33)9-12-32)27-26(22)39(29(42)37-28)16-30(17-43-27)10-6-11-30;1-2/h5,7-9,12-13,19-20H,1,6,10-11,14-17H2,2-4H3;1-2H3/b8-7+,12-9+,24-18+;. The van der Waals surface area contributed by atoms with Crippen molar-refractivity contribution in [2.24, 2.45) is 5.41 Å². The van der Waals surface area contributed by atoms with Gasteiger partial charge in [-0.25, -0.2) is 13.6 Å². The number of piperazine rings is 1. The van der Waals surface area contributed by atoms with Crippen LogP contribution in [0, 0.1) is 5.41 Å². The lowest BCUT2D eigenvalue weighted by molar-refractivity contribution is -0.137. The number of amides is 1. The van der Waals surface area contributed by atoms with Crippen LogP contribution in [0.3, 0.4) is 0 Å². The number of hydrogen-bond donors (Lipinski definition) is 0. The predicted molar refractivity (Wildman–Crippen MR) is 171 cm³/mol. The molecule has 1 aliphatic carbocycles. The molecule has 0 N–H and O–H groups in total. The summed E-state index contributed by atoms with van der Waals surface area (Å²) in [6, 6.07) is 0.399. The van der Waals surface area contributed by atoms with Crippen LogP contribution < -0.4 is 10.6 Å². The molecule has 1 saturated carbocycles. The first-order valence-corrected chi connectivity index (χ1v) is 16.1. The molecule has 45 heavy (non-hydrogen) atoms. The minimum atomic E-state index is -4.78. The molecule has 1 spiro atoms. The lowest BCUT2D eigenvalue weighted by Gasteiger charge is -2.45. The van der Waals surface area contributed by atoms with Crippen molar-refractivity contribution in [3.05, 3.63) is 70.2 Å². The fourth-order valence-electron chi connectivity index (χ4n) is 6.44. The van der Waals surface area contributed by atoms with Gasteiger partial charge in [0.1, 0.15) is 11.6 Å². The van der Waals surface area contributed by atoms with E-state index in [0.29, 0.717) is 23.9 Å². The van der Waals surface area contributed by atoms with E-state index in [4.69, 9.17) is 0 Å². The molecular weight excluding hydrogens is 611 g/mol. The van der Waals surface area contributed by atoms with Gasteiger partial charge in [0.05, 0.1) is 17.4 Å². The van der Waals surface area contributed by atoms with Crippen molar-refractivity contribution in [2.75, 3.05) is 23.7 Å². The topological polar surface area (TPSA) is 58.4 Å². The average Bonchev–Trinajstić information content (AvgIpc) is 3.17. The molecule has 2 fully saturated rings. The molecule has 1 aromatic heterocycles. The number of nitrogens with zero attached hydrogens (tertiary/aromatic N) is 4. The van der Waals surface area contributed by atoms with Gasteiger partial charge in [0.15, 0.2) is 0 Å². The van der Waals surface area contributed by atoms with E-state index in [-0.39, 0.29) is 70.1 Å². The zero-order valence-corrected chi connectivity index (χ0v) is 27.0. The normalized spacial score (nSPS) is 21.8. The number of hydrogen-bond acceptors (Lipinski definition) is 5. The monoisotopic (exact) mass is 650 g/mol. The highest BCUT2D eigenvalue weighted by atomic mass is 32.2. The molecule has 1 saturated heterocycles. The molecule has 5 rings (SSSR count). The highest BCUT2D eigenvalue weighted by Gasteiger charge is 2.43. The quantitative estimate of drug-likeness (QED) is 0.186. The summed E-state index contributed by atoms with van der Waals surface area (Å²) < 4.78 is 72.5. The van der Waals surface area contributed by atoms with E-state index in [1.807, 2.05) is 27.7 Å². The lowest BCUT2D eigenvalue weighted by Crippen LogP contribution is -2.58. The summed E-state index contributed by atoms with van der Waals surface area (Å²) in [5.41, 5.74) is -1.58. The summed E-state index contributed by atoms with van der Waals surface area (Å²) in [7, 11) is 0. The maximum Gasteiger partial charge on any atom is 0.417 e. The van der Waals surface area contributed by atoms with Crippen LogP contribution in [0.1, 0.15) is 65.0 Å². The first-order valence-electron chi connectivity index (χ1n) is 15.1. The molecule has 2 aromatic rings. The van der Waals surface area contributed by atoms with E-state index in [1.165, 1.54) is 41.5 Å². The molecule has 12 heteroatoms. The van der Waals surface area contributed by atoms with Crippen LogP contribution in [-0.4, -0.2) is 51.3 Å². The number of alkyl halides is 3. The molecule has 0 bridgehead atoms. The van der Waals surface area contributed by atoms with E-state index >= 15 is 0 Å². The van der Waals surface area contributed by atoms with E-state index < -0.39 is 23.3 Å². The fourth-order valence-corrected chi connectivity index (χ4v) is 7.96. The van der Waals surface area contributed by atoms with Gasteiger partial charge in [-0.15, -0.1) is 11.8 Å². The van der Waals surface area contributed by atoms with Crippen LogP contribution in [0.2, 0.25) is 0 Å². The van der Waals surface area contributed by atoms with Crippen molar-refractivity contribution >= 4 is 40.5 Å². The Balaban J connectivity index is 0.00000226. The van der Waals surface area contributed by atoms with Crippen molar-refractivity contribution in [3.63, 3.8) is 0 Å². The van der Waals surface area contributed by atoms with Gasteiger partial charge in [-0.1, -0.05) is 39.0 Å². The van der Waals surface area contributed by atoms with Crippen LogP contribution in [0.4, 0.5) is 27.8 Å². The van der Waals surface area contributed by atoms with E-state index in [0.717, 1.165) is 25.3 Å². The molecular formula is C33H39F5N4O2S. The molecule has 1 aromatic carbocycles. The Labute approximate surface area is 264 Å². The van der Waals surface area contributed by atoms with Gasteiger partial charge in [-0.2, -0.15) is 18.2 Å². The number of thioether (sulfide) groups is 1. The molecule has 244 valence electrons. The molecule has 3 aliphatic rings. The lowest BCUT2D eigenvalue weighted by atomic mass is 9.70. The van der Waals surface area contributed by atoms with Gasteiger partial charge in [-0.3, -0.25) is 9.36 Å². The van der Waals surface area contributed by atoms with Gasteiger partial charge in [0.25, 0.3) is 0 Å². The summed E-state index contributed by atoms with van der Waals surface area (Å²) in [5.74, 6) is -0.504. The summed E-state index contributed by atoms with van der Waals surface area (Å²) in [5, 5.41) is 0.199. The van der Waals surface area contributed by atoms with E-state index in [2.05, 4.69) is 11.6 Å². The molecule has 2 unspecified atom stereocenters. The fraction of sp³-hybridized carbons (Fsp3) is 0.485. The maximum absolute atomic E-state index is 14.8. The molecule has 6 nitrogen and oxygen atoms in total. The third-order valence-corrected chi connectivity index (χ3v) is 10.2. The molecule has 3 heterocycles. The van der Waals surface area contributed by atoms with Crippen molar-refractivity contribution in [1.82, 2.24) is 14.5 Å². The number of aromatic nitrogens is 2. The largest absolute Gasteiger partial charge is 0.417 e. The van der Waals surface area contributed by atoms with Crippen LogP contribution in [0.15, 0.2) is 58.3 Å². The summed E-state index contributed by atoms with van der Waals surface area (Å²) in [4.78, 5) is 34.3.